The van der Waals surface area contributed by atoms with Crippen LogP contribution in [0.3, 0.4) is 0 Å². The van der Waals surface area contributed by atoms with Gasteiger partial charge in [0, 0.05) is 45.5 Å². The van der Waals surface area contributed by atoms with Crippen molar-refractivity contribution in [2.75, 3.05) is 46.5 Å². The lowest BCUT2D eigenvalue weighted by Crippen LogP contribution is -2.51. The molecule has 39 heavy (non-hydrogen) atoms. The molecule has 1 unspecified atom stereocenters. The summed E-state index contributed by atoms with van der Waals surface area (Å²) in [4.78, 5) is 20.4. The number of rotatable bonds is 10. The number of hydrogen-bond donors (Lipinski definition) is 1. The molecule has 0 bridgehead atoms. The minimum atomic E-state index is -1.23. The van der Waals surface area contributed by atoms with Crippen LogP contribution in [0.1, 0.15) is 29.4 Å². The van der Waals surface area contributed by atoms with E-state index in [1.54, 1.807) is 25.1 Å². The third-order valence-electron chi connectivity index (χ3n) is 7.27. The number of benzene rings is 2. The Hall–Kier alpha value is -3.56. The molecule has 9 heteroatoms. The maximum Gasteiger partial charge on any atom is 0.219 e. The van der Waals surface area contributed by atoms with Crippen molar-refractivity contribution in [2.24, 2.45) is 0 Å². The molecule has 210 valence electrons. The van der Waals surface area contributed by atoms with Crippen LogP contribution in [0.15, 0.2) is 48.8 Å². The fourth-order valence-corrected chi connectivity index (χ4v) is 4.84. The molecule has 1 N–H and O–H groups in total. The lowest BCUT2D eigenvalue weighted by atomic mass is 10.0. The van der Waals surface area contributed by atoms with Gasteiger partial charge in [-0.25, -0.2) is 4.98 Å². The van der Waals surface area contributed by atoms with Gasteiger partial charge < -0.3 is 28.8 Å². The highest BCUT2D eigenvalue weighted by Gasteiger charge is 2.37. The van der Waals surface area contributed by atoms with Gasteiger partial charge in [0.05, 0.1) is 20.2 Å². The smallest absolute Gasteiger partial charge is 0.219 e. The van der Waals surface area contributed by atoms with E-state index in [4.69, 9.17) is 14.2 Å². The van der Waals surface area contributed by atoms with Crippen LogP contribution in [0, 0.1) is 20.8 Å². The third-order valence-corrected chi connectivity index (χ3v) is 7.27. The normalized spacial score (nSPS) is 18.1. The molecule has 4 rings (SSSR count). The maximum absolute atomic E-state index is 12.3. The molecule has 9 nitrogen and oxygen atoms in total. The van der Waals surface area contributed by atoms with Gasteiger partial charge in [0.1, 0.15) is 30.4 Å². The van der Waals surface area contributed by atoms with E-state index >= 15 is 0 Å². The predicted molar refractivity (Wildman–Crippen MR) is 149 cm³/mol. The molecule has 1 saturated heterocycles. The van der Waals surface area contributed by atoms with E-state index in [1.807, 2.05) is 61.0 Å². The van der Waals surface area contributed by atoms with E-state index in [-0.39, 0.29) is 19.1 Å². The van der Waals surface area contributed by atoms with Crippen molar-refractivity contribution in [3.8, 4) is 17.2 Å². The number of ether oxygens (including phenoxy) is 3. The van der Waals surface area contributed by atoms with Gasteiger partial charge in [-0.15, -0.1) is 0 Å². The van der Waals surface area contributed by atoms with E-state index in [2.05, 4.69) is 16.8 Å². The van der Waals surface area contributed by atoms with E-state index in [1.165, 1.54) is 5.56 Å². The van der Waals surface area contributed by atoms with Crippen LogP contribution in [0.2, 0.25) is 0 Å². The zero-order valence-corrected chi connectivity index (χ0v) is 23.6. The summed E-state index contributed by atoms with van der Waals surface area (Å²) in [6, 6.07) is 11.8. The molecule has 0 saturated carbocycles. The number of hydrogen-bond acceptors (Lipinski definition) is 7. The second-order valence-electron chi connectivity index (χ2n) is 10.4. The molecule has 1 atom stereocenters. The quantitative estimate of drug-likeness (QED) is 0.425. The molecule has 1 aromatic heterocycles. The van der Waals surface area contributed by atoms with Crippen LogP contribution < -0.4 is 14.2 Å². The average molecular weight is 537 g/mol. The Balaban J connectivity index is 1.45. The molecule has 3 aromatic rings. The van der Waals surface area contributed by atoms with E-state index < -0.39 is 5.60 Å². The highest BCUT2D eigenvalue weighted by atomic mass is 16.5. The van der Waals surface area contributed by atoms with Gasteiger partial charge in [-0.05, 0) is 61.7 Å². The number of methoxy groups -OCH3 is 1. The Bertz CT molecular complexity index is 1280. The van der Waals surface area contributed by atoms with Crippen LogP contribution in [0.25, 0.3) is 0 Å². The monoisotopic (exact) mass is 536 g/mol. The van der Waals surface area contributed by atoms with E-state index in [0.717, 1.165) is 17.0 Å². The first kappa shape index (κ1) is 28.4. The number of amides is 1. The molecule has 0 aliphatic carbocycles. The summed E-state index contributed by atoms with van der Waals surface area (Å²) in [6.07, 6.45) is 3.71. The van der Waals surface area contributed by atoms with Crippen LogP contribution in [-0.2, 0) is 17.9 Å². The number of imidazole rings is 1. The fraction of sp³-hybridized carbons (Fsp3) is 0.467. The number of aromatic nitrogens is 2. The van der Waals surface area contributed by atoms with Gasteiger partial charge >= 0.3 is 0 Å². The molecular formula is C30H40N4O5. The van der Waals surface area contributed by atoms with Crippen molar-refractivity contribution in [2.45, 2.75) is 46.4 Å². The first-order valence-corrected chi connectivity index (χ1v) is 13.3. The number of carbonyl (C=O) groups excluding carboxylic acids is 1. The summed E-state index contributed by atoms with van der Waals surface area (Å²) in [5, 5.41) is 11.7. The second kappa shape index (κ2) is 12.5. The molecule has 0 radical (unpaired) electrons. The highest BCUT2D eigenvalue weighted by molar-refractivity contribution is 5.73. The predicted octanol–water partition coefficient (Wildman–Crippen LogP) is 3.37. The minimum absolute atomic E-state index is 0.0604. The molecule has 2 heterocycles. The van der Waals surface area contributed by atoms with Gasteiger partial charge in [-0.3, -0.25) is 9.69 Å². The number of β-amino-alcohol motifs (C(OH)–C–C–N with tert-alkyl or cyclic N) is 1. The molecule has 1 fully saturated rings. The topological polar surface area (TPSA) is 89.3 Å². The Labute approximate surface area is 230 Å². The molecule has 1 amide bonds. The van der Waals surface area contributed by atoms with Crippen molar-refractivity contribution < 1.29 is 24.1 Å². The van der Waals surface area contributed by atoms with E-state index in [0.29, 0.717) is 56.6 Å². The summed E-state index contributed by atoms with van der Waals surface area (Å²) < 4.78 is 19.7. The number of carbonyl (C=O) groups is 1. The van der Waals surface area contributed by atoms with Crippen LogP contribution in [0.4, 0.5) is 0 Å². The van der Waals surface area contributed by atoms with E-state index in [9.17, 15) is 9.90 Å². The van der Waals surface area contributed by atoms with Gasteiger partial charge in [-0.1, -0.05) is 12.1 Å². The number of aliphatic hydroxyl groups is 1. The zero-order valence-electron chi connectivity index (χ0n) is 23.6. The third kappa shape index (κ3) is 7.52. The fourth-order valence-electron chi connectivity index (χ4n) is 4.84. The zero-order chi connectivity index (χ0) is 28.0. The Morgan fingerprint density at radius 2 is 1.85 bits per heavy atom. The first-order chi connectivity index (χ1) is 18.7. The van der Waals surface area contributed by atoms with Crippen LogP contribution >= 0.6 is 0 Å². The molecule has 2 aromatic carbocycles. The number of aryl methyl sites for hydroxylation is 3. The highest BCUT2D eigenvalue weighted by Crippen LogP contribution is 2.29. The van der Waals surface area contributed by atoms with Gasteiger partial charge in [-0.2, -0.15) is 0 Å². The van der Waals surface area contributed by atoms with Crippen LogP contribution in [0.5, 0.6) is 17.2 Å². The van der Waals surface area contributed by atoms with Crippen molar-refractivity contribution in [1.29, 1.82) is 0 Å². The van der Waals surface area contributed by atoms with Gasteiger partial charge in [0.2, 0.25) is 5.91 Å². The maximum atomic E-state index is 12.3. The Morgan fingerprint density at radius 1 is 1.03 bits per heavy atom. The summed E-state index contributed by atoms with van der Waals surface area (Å²) in [5.41, 5.74) is 2.11. The molecule has 0 spiro atoms. The lowest BCUT2D eigenvalue weighted by molar-refractivity contribution is -0.132. The molecule has 1 aliphatic heterocycles. The average Bonchev–Trinajstić information content (AvgIpc) is 3.23. The van der Waals surface area contributed by atoms with Crippen molar-refractivity contribution in [3.05, 3.63) is 71.3 Å². The van der Waals surface area contributed by atoms with Gasteiger partial charge in [0.15, 0.2) is 11.5 Å². The Morgan fingerprint density at radius 3 is 2.54 bits per heavy atom. The summed E-state index contributed by atoms with van der Waals surface area (Å²) in [7, 11) is 1.63. The Kier molecular flexibility index (Phi) is 9.14. The lowest BCUT2D eigenvalue weighted by Gasteiger charge is -2.33. The van der Waals surface area contributed by atoms with Crippen molar-refractivity contribution in [3.63, 3.8) is 0 Å². The molecular weight excluding hydrogens is 496 g/mol. The largest absolute Gasteiger partial charge is 0.493 e. The first-order valence-electron chi connectivity index (χ1n) is 13.3. The second-order valence-corrected chi connectivity index (χ2v) is 10.4. The SMILES string of the molecule is COc1ccc(CN2CCN(C(C)=O)CC(O)(COc3ccc(C)c(C)c3)C2)cc1OCCn1ccnc1C. The van der Waals surface area contributed by atoms with Crippen molar-refractivity contribution in [1.82, 2.24) is 19.4 Å². The summed E-state index contributed by atoms with van der Waals surface area (Å²) in [6.45, 7) is 11.2. The van der Waals surface area contributed by atoms with Gasteiger partial charge in [0.25, 0.3) is 0 Å². The number of nitrogens with zero attached hydrogens (tertiary/aromatic N) is 4. The van der Waals surface area contributed by atoms with Crippen molar-refractivity contribution >= 4 is 5.91 Å². The molecule has 1 aliphatic rings. The standard InChI is InChI=1S/C30H40N4O5/c1-22-6-8-27(16-23(22)2)39-21-30(36)19-32(12-13-34(20-30)25(4)35)18-26-7-9-28(37-5)29(17-26)38-15-14-33-11-10-31-24(33)3/h6-11,16-17,36H,12-15,18-21H2,1-5H3. The summed E-state index contributed by atoms with van der Waals surface area (Å²) in [5.74, 6) is 2.92. The minimum Gasteiger partial charge on any atom is -0.493 e. The van der Waals surface area contributed by atoms with Crippen LogP contribution in [-0.4, -0.2) is 82.5 Å². The summed E-state index contributed by atoms with van der Waals surface area (Å²) >= 11 is 0.